The lowest BCUT2D eigenvalue weighted by Crippen LogP contribution is -2.28. The summed E-state index contributed by atoms with van der Waals surface area (Å²) in [6, 6.07) is 6.90. The number of carboxylic acids is 1. The van der Waals surface area contributed by atoms with E-state index in [4.69, 9.17) is 15.3 Å². The van der Waals surface area contributed by atoms with E-state index >= 15 is 0 Å². The first-order chi connectivity index (χ1) is 13.8. The molecule has 2 aliphatic rings. The van der Waals surface area contributed by atoms with E-state index in [1.54, 1.807) is 30.3 Å². The highest BCUT2D eigenvalue weighted by Gasteiger charge is 2.36. The minimum Gasteiger partial charge on any atom is -0.478 e. The van der Waals surface area contributed by atoms with Gasteiger partial charge in [-0.15, -0.1) is 11.8 Å². The van der Waals surface area contributed by atoms with Gasteiger partial charge in [0.15, 0.2) is 0 Å². The van der Waals surface area contributed by atoms with Gasteiger partial charge in [0.1, 0.15) is 0 Å². The smallest absolute Gasteiger partial charge is 0.415 e. The van der Waals surface area contributed by atoms with Crippen molar-refractivity contribution in [3.8, 4) is 0 Å². The number of aliphatic carboxylic acids is 1. The molecule has 0 spiro atoms. The van der Waals surface area contributed by atoms with Crippen LogP contribution >= 0.6 is 11.8 Å². The Hall–Kier alpha value is -3.07. The Labute approximate surface area is 172 Å². The van der Waals surface area contributed by atoms with Crippen LogP contribution < -0.4 is 10.2 Å². The van der Waals surface area contributed by atoms with E-state index in [1.807, 2.05) is 13.2 Å². The minimum absolute atomic E-state index is 0.0448. The molecular weight excluding hydrogens is 394 g/mol. The summed E-state index contributed by atoms with van der Waals surface area (Å²) in [4.78, 5) is 37.4. The monoisotopic (exact) mass is 415 g/mol. The van der Waals surface area contributed by atoms with Crippen LogP contribution in [0.25, 0.3) is 0 Å². The number of allylic oxidation sites excluding steroid dienone is 2. The van der Waals surface area contributed by atoms with Crippen molar-refractivity contribution in [2.45, 2.75) is 26.0 Å². The Morgan fingerprint density at radius 1 is 1.34 bits per heavy atom. The van der Waals surface area contributed by atoms with Gasteiger partial charge >= 0.3 is 12.1 Å². The van der Waals surface area contributed by atoms with Crippen LogP contribution in [0.15, 0.2) is 46.4 Å². The van der Waals surface area contributed by atoms with Crippen molar-refractivity contribution in [1.82, 2.24) is 5.32 Å². The van der Waals surface area contributed by atoms with Gasteiger partial charge in [-0.25, -0.2) is 9.59 Å². The highest BCUT2D eigenvalue weighted by atomic mass is 32.2. The second-order valence-corrected chi connectivity index (χ2v) is 7.45. The fraction of sp³-hybridized carbons (Fsp3) is 0.300. The molecule has 1 aliphatic carbocycles. The lowest BCUT2D eigenvalue weighted by atomic mass is 9.97. The number of rotatable bonds is 6. The van der Waals surface area contributed by atoms with Gasteiger partial charge in [-0.2, -0.15) is 0 Å². The molecule has 1 aromatic carbocycles. The van der Waals surface area contributed by atoms with Crippen LogP contribution in [-0.4, -0.2) is 47.7 Å². The Balaban J connectivity index is 1.62. The third-order valence-corrected chi connectivity index (χ3v) is 5.73. The summed E-state index contributed by atoms with van der Waals surface area (Å²) < 4.78 is 4.80. The number of hydrogen-bond donors (Lipinski definition) is 3. The van der Waals surface area contributed by atoms with Gasteiger partial charge in [0.05, 0.1) is 6.54 Å². The molecule has 0 bridgehead atoms. The van der Waals surface area contributed by atoms with E-state index in [0.29, 0.717) is 29.9 Å². The van der Waals surface area contributed by atoms with Gasteiger partial charge in [0.25, 0.3) is 5.91 Å². The molecule has 1 aromatic rings. The van der Waals surface area contributed by atoms with Crippen LogP contribution in [0, 0.1) is 5.41 Å². The van der Waals surface area contributed by atoms with E-state index in [1.165, 1.54) is 16.7 Å². The molecule has 0 radical (unpaired) electrons. The van der Waals surface area contributed by atoms with Crippen LogP contribution in [-0.2, 0) is 20.9 Å². The first-order valence-electron chi connectivity index (χ1n) is 8.93. The third kappa shape index (κ3) is 4.34. The topological polar surface area (TPSA) is 120 Å². The second kappa shape index (κ2) is 8.52. The maximum Gasteiger partial charge on any atom is 0.415 e. The van der Waals surface area contributed by atoms with Crippen LogP contribution in [0.1, 0.15) is 18.9 Å². The normalized spacial score (nSPS) is 19.2. The molecule has 9 heteroatoms. The Bertz CT molecular complexity index is 936. The Kier molecular flexibility index (Phi) is 6.07. The number of amides is 2. The quantitative estimate of drug-likeness (QED) is 0.657. The van der Waals surface area contributed by atoms with Crippen LogP contribution in [0.5, 0.6) is 0 Å². The fourth-order valence-corrected chi connectivity index (χ4v) is 3.96. The van der Waals surface area contributed by atoms with Crippen LogP contribution in [0.3, 0.4) is 0 Å². The molecule has 1 aliphatic heterocycles. The molecule has 2 amide bonds. The molecule has 1 unspecified atom stereocenters. The van der Waals surface area contributed by atoms with Crippen molar-refractivity contribution in [2.24, 2.45) is 0 Å². The number of carbonyl (C=O) groups is 3. The molecule has 3 rings (SSSR count). The van der Waals surface area contributed by atoms with Crippen molar-refractivity contribution in [1.29, 1.82) is 5.41 Å². The summed E-state index contributed by atoms with van der Waals surface area (Å²) in [5.74, 6) is -1.38. The number of carbonyl (C=O) groups excluding carboxylic acids is 2. The highest BCUT2D eigenvalue weighted by Crippen LogP contribution is 2.29. The first kappa shape index (κ1) is 20.7. The summed E-state index contributed by atoms with van der Waals surface area (Å²) in [5, 5.41) is 19.8. The molecule has 0 aromatic heterocycles. The number of cyclic esters (lactones) is 1. The van der Waals surface area contributed by atoms with Gasteiger partial charge in [0, 0.05) is 34.8 Å². The molecule has 152 valence electrons. The molecule has 0 saturated carbocycles. The third-order valence-electron chi connectivity index (χ3n) is 4.77. The Morgan fingerprint density at radius 2 is 2.03 bits per heavy atom. The van der Waals surface area contributed by atoms with Crippen LogP contribution in [0.4, 0.5) is 10.5 Å². The first-order valence-corrected chi connectivity index (χ1v) is 10.2. The minimum atomic E-state index is -1.18. The lowest BCUT2D eigenvalue weighted by molar-refractivity contribution is -0.144. The summed E-state index contributed by atoms with van der Waals surface area (Å²) in [6.07, 6.45) is 2.24. The van der Waals surface area contributed by atoms with Crippen molar-refractivity contribution in [3.05, 3.63) is 52.0 Å². The molecule has 8 nitrogen and oxygen atoms in total. The zero-order valence-corrected chi connectivity index (χ0v) is 16.8. The number of nitrogens with one attached hydrogen (secondary N) is 2. The maximum absolute atomic E-state index is 12.6. The summed E-state index contributed by atoms with van der Waals surface area (Å²) in [7, 11) is 0. The van der Waals surface area contributed by atoms with Gasteiger partial charge in [-0.3, -0.25) is 9.69 Å². The van der Waals surface area contributed by atoms with Crippen molar-refractivity contribution in [3.63, 3.8) is 0 Å². The predicted octanol–water partition coefficient (Wildman–Crippen LogP) is 2.70. The van der Waals surface area contributed by atoms with E-state index in [2.05, 4.69) is 5.32 Å². The van der Waals surface area contributed by atoms with Crippen molar-refractivity contribution in [2.75, 3.05) is 17.7 Å². The number of carboxylic acid groups (broad SMARTS) is 1. The van der Waals surface area contributed by atoms with Crippen molar-refractivity contribution >= 4 is 41.1 Å². The highest BCUT2D eigenvalue weighted by molar-refractivity contribution is 8.03. The molecular formula is C20H21N3O5S. The summed E-state index contributed by atoms with van der Waals surface area (Å²) in [5.41, 5.74) is 3.28. The van der Waals surface area contributed by atoms with Crippen molar-refractivity contribution < 1.29 is 24.2 Å². The number of thioether (sulfide) groups is 1. The molecule has 3 N–H and O–H groups in total. The largest absolute Gasteiger partial charge is 0.478 e. The number of ether oxygens (including phenoxy) is 1. The number of benzene rings is 1. The van der Waals surface area contributed by atoms with E-state index in [-0.39, 0.29) is 12.5 Å². The van der Waals surface area contributed by atoms with Crippen LogP contribution in [0.2, 0.25) is 0 Å². The predicted molar refractivity (Wildman–Crippen MR) is 110 cm³/mol. The zero-order valence-electron chi connectivity index (χ0n) is 16.0. The van der Waals surface area contributed by atoms with E-state index in [0.717, 1.165) is 16.0 Å². The van der Waals surface area contributed by atoms with Gasteiger partial charge in [-0.1, -0.05) is 18.2 Å². The van der Waals surface area contributed by atoms with Gasteiger partial charge in [0.2, 0.25) is 6.10 Å². The molecule has 1 fully saturated rings. The molecule has 1 saturated heterocycles. The summed E-state index contributed by atoms with van der Waals surface area (Å²) in [6.45, 7) is 2.11. The second-order valence-electron chi connectivity index (χ2n) is 6.63. The number of anilines is 1. The standard InChI is InChI=1S/C20H21N3O5S/c1-11-14(7-8-15(21)17(11)29-2)18(24)22-9-12-3-5-13(6-4-12)23-10-16(19(25)26)28-20(23)27/h3-7,16,21H,8-10H2,1-2H3,(H,22,24)(H,25,26). The number of nitrogens with zero attached hydrogens (tertiary/aromatic N) is 1. The number of hydrogen-bond acceptors (Lipinski definition) is 6. The maximum atomic E-state index is 12.6. The molecule has 29 heavy (non-hydrogen) atoms. The molecule has 1 atom stereocenters. The summed E-state index contributed by atoms with van der Waals surface area (Å²) >= 11 is 1.47. The lowest BCUT2D eigenvalue weighted by Gasteiger charge is -2.18. The van der Waals surface area contributed by atoms with Gasteiger partial charge < -0.3 is 20.6 Å². The SMILES string of the molecule is CSC1=C(C)C(C(=O)NCc2ccc(N3CC(C(=O)O)OC3=O)cc2)=CCC1=N. The van der Waals surface area contributed by atoms with Gasteiger partial charge in [-0.05, 0) is 36.4 Å². The van der Waals surface area contributed by atoms with E-state index in [9.17, 15) is 14.4 Å². The van der Waals surface area contributed by atoms with E-state index < -0.39 is 18.2 Å². The fourth-order valence-electron chi connectivity index (χ4n) is 3.21. The molecule has 1 heterocycles. The average molecular weight is 415 g/mol. The zero-order chi connectivity index (χ0) is 21.1. The average Bonchev–Trinajstić information content (AvgIpc) is 3.09. The Morgan fingerprint density at radius 3 is 2.62 bits per heavy atom.